The minimum absolute atomic E-state index is 0.430. The van der Waals surface area contributed by atoms with Crippen molar-refractivity contribution in [2.24, 2.45) is 0 Å². The van der Waals surface area contributed by atoms with Gasteiger partial charge in [0.1, 0.15) is 5.69 Å². The summed E-state index contributed by atoms with van der Waals surface area (Å²) >= 11 is 1.42. The van der Waals surface area contributed by atoms with Gasteiger partial charge in [-0.15, -0.1) is 0 Å². The summed E-state index contributed by atoms with van der Waals surface area (Å²) in [5.74, 6) is 0. The first-order valence-corrected chi connectivity index (χ1v) is 7.64. The summed E-state index contributed by atoms with van der Waals surface area (Å²) in [6, 6.07) is 1.58. The molecule has 0 spiro atoms. The average Bonchev–Trinajstić information content (AvgIpc) is 2.54. The fourth-order valence-corrected chi connectivity index (χ4v) is 1.95. The van der Waals surface area contributed by atoms with E-state index in [9.17, 15) is 4.79 Å². The van der Waals surface area contributed by atoms with E-state index in [1.165, 1.54) is 18.0 Å². The van der Waals surface area contributed by atoms with Gasteiger partial charge in [-0.05, 0) is 25.0 Å². The van der Waals surface area contributed by atoms with Gasteiger partial charge in [0.15, 0.2) is 11.4 Å². The Morgan fingerprint density at radius 1 is 1.50 bits per heavy atom. The van der Waals surface area contributed by atoms with E-state index in [1.807, 2.05) is 6.26 Å². The first-order valence-electron chi connectivity index (χ1n) is 6.41. The number of nitrogens with zero attached hydrogens (tertiary/aromatic N) is 3. The van der Waals surface area contributed by atoms with E-state index >= 15 is 0 Å². The van der Waals surface area contributed by atoms with Crippen LogP contribution in [-0.2, 0) is 4.74 Å². The summed E-state index contributed by atoms with van der Waals surface area (Å²) in [4.78, 5) is 20.3. The maximum Gasteiger partial charge on any atom is 0.187 e. The lowest BCUT2D eigenvalue weighted by molar-refractivity contribution is 0.0393. The van der Waals surface area contributed by atoms with Gasteiger partial charge in [0.05, 0.1) is 13.2 Å². The molecule has 0 atom stereocenters. The van der Waals surface area contributed by atoms with E-state index in [-0.39, 0.29) is 0 Å². The zero-order chi connectivity index (χ0) is 14.6. The number of morpholine rings is 1. The highest BCUT2D eigenvalue weighted by Gasteiger charge is 2.07. The van der Waals surface area contributed by atoms with Crippen LogP contribution in [-0.4, -0.2) is 66.5 Å². The molecule has 1 aliphatic heterocycles. The highest BCUT2D eigenvalue weighted by Crippen LogP contribution is 2.05. The molecule has 0 amide bonds. The Labute approximate surface area is 123 Å². The summed E-state index contributed by atoms with van der Waals surface area (Å²) in [5.41, 5.74) is 0.430. The molecule has 1 fully saturated rings. The standard InChI is InChI=1S/C7H14N2O.C6H6N2OS/c8-2-1-3-9-4-6-10-7-5-9;1-10-6-7-3-2-5(4-9)8-6/h2,8H,1,3-7H2;2-4H,1H3. The molecule has 6 nitrogen and oxygen atoms in total. The predicted molar refractivity (Wildman–Crippen MR) is 79.9 cm³/mol. The highest BCUT2D eigenvalue weighted by molar-refractivity contribution is 7.98. The summed E-state index contributed by atoms with van der Waals surface area (Å²) in [6.07, 6.45) is 6.49. The molecular weight excluding hydrogens is 276 g/mol. The van der Waals surface area contributed by atoms with E-state index in [1.54, 1.807) is 12.3 Å². The van der Waals surface area contributed by atoms with Crippen molar-refractivity contribution in [3.63, 3.8) is 0 Å². The van der Waals surface area contributed by atoms with Gasteiger partial charge < -0.3 is 10.1 Å². The maximum absolute atomic E-state index is 10.2. The van der Waals surface area contributed by atoms with E-state index in [4.69, 9.17) is 10.1 Å². The third-order valence-electron chi connectivity index (χ3n) is 2.65. The second-order valence-corrected chi connectivity index (χ2v) is 4.81. The molecule has 1 N–H and O–H groups in total. The molecule has 0 unspecified atom stereocenters. The Morgan fingerprint density at radius 3 is 2.85 bits per heavy atom. The van der Waals surface area contributed by atoms with Crippen LogP contribution in [0, 0.1) is 5.41 Å². The van der Waals surface area contributed by atoms with E-state index in [2.05, 4.69) is 14.9 Å². The van der Waals surface area contributed by atoms with Crippen LogP contribution < -0.4 is 0 Å². The second kappa shape index (κ2) is 10.5. The van der Waals surface area contributed by atoms with Gasteiger partial charge in [0.25, 0.3) is 0 Å². The molecule has 2 heterocycles. The highest BCUT2D eigenvalue weighted by atomic mass is 32.2. The molecule has 1 aromatic rings. The Morgan fingerprint density at radius 2 is 2.25 bits per heavy atom. The van der Waals surface area contributed by atoms with Crippen LogP contribution in [0.5, 0.6) is 0 Å². The predicted octanol–water partition coefficient (Wildman–Crippen LogP) is 1.37. The fourth-order valence-electron chi connectivity index (χ4n) is 1.59. The first-order chi connectivity index (χ1) is 9.80. The number of hydrogen-bond acceptors (Lipinski definition) is 7. The lowest BCUT2D eigenvalue weighted by Gasteiger charge is -2.25. The molecule has 1 saturated heterocycles. The van der Waals surface area contributed by atoms with Gasteiger partial charge >= 0.3 is 0 Å². The van der Waals surface area contributed by atoms with E-state index in [0.717, 1.165) is 39.3 Å². The summed E-state index contributed by atoms with van der Waals surface area (Å²) in [7, 11) is 0. The molecule has 20 heavy (non-hydrogen) atoms. The molecule has 1 aromatic heterocycles. The molecule has 1 aliphatic rings. The Kier molecular flexibility index (Phi) is 8.77. The zero-order valence-electron chi connectivity index (χ0n) is 11.6. The number of rotatable bonds is 5. The number of carbonyl (C=O) groups excluding carboxylic acids is 1. The Hall–Kier alpha value is -1.31. The molecule has 110 valence electrons. The number of carbonyl (C=O) groups is 1. The van der Waals surface area contributed by atoms with Crippen molar-refractivity contribution in [3.05, 3.63) is 18.0 Å². The quantitative estimate of drug-likeness (QED) is 0.382. The molecule has 0 aromatic carbocycles. The van der Waals surface area contributed by atoms with Crippen LogP contribution in [0.25, 0.3) is 0 Å². The van der Waals surface area contributed by atoms with Crippen LogP contribution in [0.2, 0.25) is 0 Å². The summed E-state index contributed by atoms with van der Waals surface area (Å²) in [5, 5.41) is 7.47. The van der Waals surface area contributed by atoms with Crippen molar-refractivity contribution in [1.82, 2.24) is 14.9 Å². The van der Waals surface area contributed by atoms with Gasteiger partial charge in [0.2, 0.25) is 0 Å². The van der Waals surface area contributed by atoms with Gasteiger partial charge in [-0.25, -0.2) is 9.97 Å². The maximum atomic E-state index is 10.2. The number of thioether (sulfide) groups is 1. The molecule has 2 rings (SSSR count). The van der Waals surface area contributed by atoms with Crippen molar-refractivity contribution in [1.29, 1.82) is 5.41 Å². The summed E-state index contributed by atoms with van der Waals surface area (Å²) in [6.45, 7) is 4.81. The van der Waals surface area contributed by atoms with Gasteiger partial charge in [-0.2, -0.15) is 0 Å². The molecular formula is C13H20N4O2S. The molecule has 0 bridgehead atoms. The fraction of sp³-hybridized carbons (Fsp3) is 0.538. The van der Waals surface area contributed by atoms with Crippen LogP contribution in [0.4, 0.5) is 0 Å². The molecule has 7 heteroatoms. The topological polar surface area (TPSA) is 79.2 Å². The average molecular weight is 296 g/mol. The smallest absolute Gasteiger partial charge is 0.187 e. The van der Waals surface area contributed by atoms with Crippen molar-refractivity contribution >= 4 is 24.3 Å². The number of hydrogen-bond donors (Lipinski definition) is 1. The Balaban J connectivity index is 0.000000200. The molecule has 0 radical (unpaired) electrons. The van der Waals surface area contributed by atoms with Crippen LogP contribution >= 0.6 is 11.8 Å². The number of nitrogens with one attached hydrogen (secondary N) is 1. The SMILES string of the molecule is CSc1nccc(C=O)n1.N=CCCN1CCOCC1. The minimum Gasteiger partial charge on any atom is -0.379 e. The van der Waals surface area contributed by atoms with Gasteiger partial charge in [-0.1, -0.05) is 11.8 Å². The van der Waals surface area contributed by atoms with Crippen LogP contribution in [0.3, 0.4) is 0 Å². The lowest BCUT2D eigenvalue weighted by atomic mass is 10.3. The van der Waals surface area contributed by atoms with E-state index < -0.39 is 0 Å². The first kappa shape index (κ1) is 16.7. The number of ether oxygens (including phenoxy) is 1. The van der Waals surface area contributed by atoms with Crippen LogP contribution in [0.15, 0.2) is 17.4 Å². The number of aromatic nitrogens is 2. The van der Waals surface area contributed by atoms with E-state index in [0.29, 0.717) is 17.1 Å². The summed E-state index contributed by atoms with van der Waals surface area (Å²) < 4.78 is 5.18. The van der Waals surface area contributed by atoms with Crippen molar-refractivity contribution in [2.75, 3.05) is 39.1 Å². The molecule has 0 saturated carbocycles. The molecule has 0 aliphatic carbocycles. The minimum atomic E-state index is 0.430. The van der Waals surface area contributed by atoms with Crippen molar-refractivity contribution < 1.29 is 9.53 Å². The van der Waals surface area contributed by atoms with Crippen molar-refractivity contribution in [3.8, 4) is 0 Å². The normalized spacial score (nSPS) is 15.1. The van der Waals surface area contributed by atoms with Crippen LogP contribution in [0.1, 0.15) is 16.9 Å². The van der Waals surface area contributed by atoms with Gasteiger partial charge in [0, 0.05) is 25.8 Å². The lowest BCUT2D eigenvalue weighted by Crippen LogP contribution is -2.36. The monoisotopic (exact) mass is 296 g/mol. The van der Waals surface area contributed by atoms with Crippen molar-refractivity contribution in [2.45, 2.75) is 11.6 Å². The largest absolute Gasteiger partial charge is 0.379 e. The zero-order valence-corrected chi connectivity index (χ0v) is 12.4. The third kappa shape index (κ3) is 6.74. The number of aldehydes is 1. The van der Waals surface area contributed by atoms with Gasteiger partial charge in [-0.3, -0.25) is 9.69 Å². The second-order valence-electron chi connectivity index (χ2n) is 4.03. The third-order valence-corrected chi connectivity index (χ3v) is 3.21. The Bertz CT molecular complexity index is 411.